The van der Waals surface area contributed by atoms with Gasteiger partial charge in [0.05, 0.1) is 46.1 Å². The standard InChI is InChI=1S/C21H34NO3/c1-5-22(3,4)17-7-6-8-18(12-17)25-19(13-21-15-24-21)10-9-16(2)11-20-14-23-20/h6-8,12,16,19-21H,5,9-11,13-15H2,1-4H3/q+1. The van der Waals surface area contributed by atoms with Crippen molar-refractivity contribution in [2.45, 2.75) is 57.8 Å². The van der Waals surface area contributed by atoms with E-state index in [-0.39, 0.29) is 6.10 Å². The van der Waals surface area contributed by atoms with Crippen molar-refractivity contribution < 1.29 is 14.2 Å². The van der Waals surface area contributed by atoms with Crippen molar-refractivity contribution in [3.05, 3.63) is 24.3 Å². The van der Waals surface area contributed by atoms with Gasteiger partial charge in [0.15, 0.2) is 0 Å². The molecule has 1 aromatic rings. The molecule has 25 heavy (non-hydrogen) atoms. The minimum absolute atomic E-state index is 0.238. The highest BCUT2D eigenvalue weighted by molar-refractivity contribution is 5.47. The molecule has 1 aromatic carbocycles. The van der Waals surface area contributed by atoms with Crippen LogP contribution in [0.5, 0.6) is 5.75 Å². The van der Waals surface area contributed by atoms with Gasteiger partial charge in [-0.05, 0) is 44.2 Å². The molecule has 2 aliphatic heterocycles. The van der Waals surface area contributed by atoms with Gasteiger partial charge in [-0.15, -0.1) is 0 Å². The second-order valence-corrected chi connectivity index (χ2v) is 8.30. The molecule has 140 valence electrons. The molecular formula is C21H34NO3+. The summed E-state index contributed by atoms with van der Waals surface area (Å²) in [5.41, 5.74) is 1.29. The summed E-state index contributed by atoms with van der Waals surface area (Å²) in [5, 5.41) is 0. The van der Waals surface area contributed by atoms with Gasteiger partial charge < -0.3 is 14.2 Å². The van der Waals surface area contributed by atoms with E-state index in [0.29, 0.717) is 18.1 Å². The molecule has 0 N–H and O–H groups in total. The Balaban J connectivity index is 1.58. The minimum Gasteiger partial charge on any atom is -0.490 e. The third kappa shape index (κ3) is 5.98. The number of quaternary nitrogens is 1. The minimum atomic E-state index is 0.238. The van der Waals surface area contributed by atoms with Crippen LogP contribution in [0.25, 0.3) is 0 Å². The number of epoxide rings is 2. The van der Waals surface area contributed by atoms with Gasteiger partial charge in [-0.1, -0.05) is 13.0 Å². The first-order valence-electron chi connectivity index (χ1n) is 9.79. The van der Waals surface area contributed by atoms with Gasteiger partial charge in [0, 0.05) is 12.5 Å². The predicted octanol–water partition coefficient (Wildman–Crippen LogP) is 4.01. The Labute approximate surface area is 152 Å². The first kappa shape index (κ1) is 18.7. The summed E-state index contributed by atoms with van der Waals surface area (Å²) in [6.07, 6.45) is 5.62. The Morgan fingerprint density at radius 1 is 1.12 bits per heavy atom. The van der Waals surface area contributed by atoms with E-state index in [2.05, 4.69) is 52.2 Å². The number of rotatable bonds is 11. The second-order valence-electron chi connectivity index (χ2n) is 8.30. The molecular weight excluding hydrogens is 314 g/mol. The highest BCUT2D eigenvalue weighted by atomic mass is 16.6. The molecule has 2 heterocycles. The quantitative estimate of drug-likeness (QED) is 0.447. The van der Waals surface area contributed by atoms with Crippen molar-refractivity contribution >= 4 is 5.69 Å². The molecule has 2 fully saturated rings. The predicted molar refractivity (Wildman–Crippen MR) is 102 cm³/mol. The normalized spacial score (nSPS) is 24.6. The van der Waals surface area contributed by atoms with E-state index in [0.717, 1.165) is 42.8 Å². The highest BCUT2D eigenvalue weighted by Crippen LogP contribution is 2.29. The maximum Gasteiger partial charge on any atom is 0.136 e. The fourth-order valence-corrected chi connectivity index (χ4v) is 3.27. The van der Waals surface area contributed by atoms with Crippen LogP contribution >= 0.6 is 0 Å². The molecule has 0 spiro atoms. The van der Waals surface area contributed by atoms with Gasteiger partial charge >= 0.3 is 0 Å². The van der Waals surface area contributed by atoms with E-state index < -0.39 is 0 Å². The third-order valence-electron chi connectivity index (χ3n) is 5.59. The van der Waals surface area contributed by atoms with Crippen molar-refractivity contribution in [3.8, 4) is 5.75 Å². The molecule has 4 atom stereocenters. The van der Waals surface area contributed by atoms with Crippen LogP contribution < -0.4 is 9.22 Å². The van der Waals surface area contributed by atoms with Crippen molar-refractivity contribution in [3.63, 3.8) is 0 Å². The zero-order valence-corrected chi connectivity index (χ0v) is 16.2. The van der Waals surface area contributed by atoms with E-state index in [4.69, 9.17) is 14.2 Å². The molecule has 2 saturated heterocycles. The summed E-state index contributed by atoms with van der Waals surface area (Å²) >= 11 is 0. The molecule has 0 bridgehead atoms. The Morgan fingerprint density at radius 2 is 1.80 bits per heavy atom. The average Bonchev–Trinajstić information content (AvgIpc) is 3.50. The van der Waals surface area contributed by atoms with E-state index in [9.17, 15) is 0 Å². The topological polar surface area (TPSA) is 34.3 Å². The lowest BCUT2D eigenvalue weighted by atomic mass is 9.96. The van der Waals surface area contributed by atoms with Crippen molar-refractivity contribution in [2.24, 2.45) is 5.92 Å². The van der Waals surface area contributed by atoms with Crippen molar-refractivity contribution in [1.29, 1.82) is 0 Å². The highest BCUT2D eigenvalue weighted by Gasteiger charge is 2.29. The molecule has 0 aliphatic carbocycles. The maximum absolute atomic E-state index is 6.40. The van der Waals surface area contributed by atoms with Gasteiger partial charge in [0.2, 0.25) is 0 Å². The van der Waals surface area contributed by atoms with Crippen molar-refractivity contribution in [2.75, 3.05) is 33.9 Å². The summed E-state index contributed by atoms with van der Waals surface area (Å²) in [5.74, 6) is 1.68. The largest absolute Gasteiger partial charge is 0.490 e. The van der Waals surface area contributed by atoms with Gasteiger partial charge in [0.1, 0.15) is 17.5 Å². The SMILES string of the molecule is CC[N+](C)(C)c1cccc(OC(CCC(C)CC2CO2)CC2CO2)c1. The molecule has 4 nitrogen and oxygen atoms in total. The molecule has 2 aliphatic rings. The smallest absolute Gasteiger partial charge is 0.136 e. The number of benzene rings is 1. The molecule has 0 aromatic heterocycles. The van der Waals surface area contributed by atoms with Gasteiger partial charge in [-0.25, -0.2) is 0 Å². The van der Waals surface area contributed by atoms with Crippen LogP contribution in [0.3, 0.4) is 0 Å². The number of ether oxygens (including phenoxy) is 3. The lowest BCUT2D eigenvalue weighted by Gasteiger charge is -2.28. The van der Waals surface area contributed by atoms with Crippen LogP contribution in [0.2, 0.25) is 0 Å². The first-order valence-corrected chi connectivity index (χ1v) is 9.79. The van der Waals surface area contributed by atoms with Gasteiger partial charge in [-0.2, -0.15) is 0 Å². The fourth-order valence-electron chi connectivity index (χ4n) is 3.27. The number of hydrogen-bond donors (Lipinski definition) is 0. The Bertz CT molecular complexity index is 552. The maximum atomic E-state index is 6.40. The summed E-state index contributed by atoms with van der Waals surface area (Å²) in [4.78, 5) is 0. The van der Waals surface area contributed by atoms with Gasteiger partial charge in [-0.3, -0.25) is 4.48 Å². The fraction of sp³-hybridized carbons (Fsp3) is 0.714. The third-order valence-corrected chi connectivity index (χ3v) is 5.59. The van der Waals surface area contributed by atoms with Crippen LogP contribution in [0, 0.1) is 5.92 Å². The number of nitrogens with zero attached hydrogens (tertiary/aromatic N) is 1. The van der Waals surface area contributed by atoms with Crippen LogP contribution in [0.15, 0.2) is 24.3 Å². The van der Waals surface area contributed by atoms with E-state index in [1.807, 2.05) is 0 Å². The Morgan fingerprint density at radius 3 is 2.44 bits per heavy atom. The second kappa shape index (κ2) is 8.07. The molecule has 0 radical (unpaired) electrons. The summed E-state index contributed by atoms with van der Waals surface area (Å²) < 4.78 is 18.1. The zero-order valence-electron chi connectivity index (χ0n) is 16.2. The van der Waals surface area contributed by atoms with E-state index in [1.54, 1.807) is 0 Å². The summed E-state index contributed by atoms with van der Waals surface area (Å²) in [6.45, 7) is 7.45. The summed E-state index contributed by atoms with van der Waals surface area (Å²) in [7, 11) is 4.46. The van der Waals surface area contributed by atoms with Crippen LogP contribution in [0.4, 0.5) is 5.69 Å². The number of hydrogen-bond acceptors (Lipinski definition) is 3. The van der Waals surface area contributed by atoms with E-state index >= 15 is 0 Å². The zero-order chi connectivity index (χ0) is 17.9. The molecule has 0 amide bonds. The Kier molecular flexibility index (Phi) is 6.03. The average molecular weight is 349 g/mol. The lowest BCUT2D eigenvalue weighted by molar-refractivity contribution is 0.156. The van der Waals surface area contributed by atoms with E-state index in [1.165, 1.54) is 18.5 Å². The molecule has 3 rings (SSSR count). The van der Waals surface area contributed by atoms with Crippen LogP contribution in [-0.2, 0) is 9.47 Å². The first-order chi connectivity index (χ1) is 12.0. The Hall–Kier alpha value is -1.10. The lowest BCUT2D eigenvalue weighted by Crippen LogP contribution is -2.39. The van der Waals surface area contributed by atoms with Gasteiger partial charge in [0.25, 0.3) is 0 Å². The summed E-state index contributed by atoms with van der Waals surface area (Å²) in [6, 6.07) is 8.58. The van der Waals surface area contributed by atoms with Crippen LogP contribution in [-0.4, -0.2) is 52.2 Å². The van der Waals surface area contributed by atoms with Crippen molar-refractivity contribution in [1.82, 2.24) is 4.48 Å². The molecule has 0 saturated carbocycles. The monoisotopic (exact) mass is 348 g/mol. The molecule has 4 heteroatoms. The van der Waals surface area contributed by atoms with Crippen LogP contribution in [0.1, 0.15) is 39.5 Å². The molecule has 4 unspecified atom stereocenters.